The summed E-state index contributed by atoms with van der Waals surface area (Å²) in [5.41, 5.74) is 1.06. The number of nitrogens with zero attached hydrogens (tertiary/aromatic N) is 1. The van der Waals surface area contributed by atoms with Crippen molar-refractivity contribution >= 4 is 11.8 Å². The molecule has 0 aromatic heterocycles. The third-order valence-corrected chi connectivity index (χ3v) is 4.19. The number of hydrogen-bond donors (Lipinski definition) is 1. The van der Waals surface area contributed by atoms with Crippen LogP contribution in [-0.4, -0.2) is 42.5 Å². The van der Waals surface area contributed by atoms with E-state index in [1.165, 1.54) is 17.0 Å². The molecule has 0 unspecified atom stereocenters. The Labute approximate surface area is 159 Å². The first-order valence-corrected chi connectivity index (χ1v) is 9.01. The second-order valence-corrected chi connectivity index (χ2v) is 6.11. The van der Waals surface area contributed by atoms with Crippen molar-refractivity contribution in [2.75, 3.05) is 19.7 Å². The van der Waals surface area contributed by atoms with Crippen LogP contribution in [0.1, 0.15) is 19.4 Å². The summed E-state index contributed by atoms with van der Waals surface area (Å²) < 4.78 is 19.0. The van der Waals surface area contributed by atoms with Crippen molar-refractivity contribution in [3.63, 3.8) is 0 Å². The van der Waals surface area contributed by atoms with Gasteiger partial charge < -0.3 is 15.0 Å². The van der Waals surface area contributed by atoms with E-state index in [1.807, 2.05) is 37.3 Å². The first kappa shape index (κ1) is 20.4. The molecule has 0 saturated heterocycles. The van der Waals surface area contributed by atoms with E-state index in [1.54, 1.807) is 19.1 Å². The lowest BCUT2D eigenvalue weighted by molar-refractivity contribution is -0.141. The van der Waals surface area contributed by atoms with Gasteiger partial charge in [-0.3, -0.25) is 9.59 Å². The number of halogens is 1. The van der Waals surface area contributed by atoms with Gasteiger partial charge in [0, 0.05) is 13.1 Å². The van der Waals surface area contributed by atoms with E-state index >= 15 is 0 Å². The maximum Gasteiger partial charge on any atom is 0.261 e. The average Bonchev–Trinajstić information content (AvgIpc) is 2.68. The molecule has 6 heteroatoms. The predicted octanol–water partition coefficient (Wildman–Crippen LogP) is 2.80. The van der Waals surface area contributed by atoms with Crippen molar-refractivity contribution in [1.82, 2.24) is 10.2 Å². The first-order valence-electron chi connectivity index (χ1n) is 9.01. The minimum absolute atomic E-state index is 0.0134. The fourth-order valence-corrected chi connectivity index (χ4v) is 2.68. The molecule has 0 saturated carbocycles. The summed E-state index contributed by atoms with van der Waals surface area (Å²) in [4.78, 5) is 26.4. The Kier molecular flexibility index (Phi) is 7.79. The molecular formula is C21H25FN2O3. The molecule has 5 nitrogen and oxygen atoms in total. The minimum atomic E-state index is -0.648. The van der Waals surface area contributed by atoms with Gasteiger partial charge in [0.15, 0.2) is 18.2 Å². The largest absolute Gasteiger partial charge is 0.481 e. The van der Waals surface area contributed by atoms with Crippen molar-refractivity contribution in [2.45, 2.75) is 26.3 Å². The fraction of sp³-hybridized carbons (Fsp3) is 0.333. The zero-order valence-electron chi connectivity index (χ0n) is 15.7. The van der Waals surface area contributed by atoms with E-state index in [9.17, 15) is 14.0 Å². The van der Waals surface area contributed by atoms with Crippen LogP contribution >= 0.6 is 0 Å². The highest BCUT2D eigenvalue weighted by atomic mass is 19.1. The highest BCUT2D eigenvalue weighted by molar-refractivity contribution is 5.87. The van der Waals surface area contributed by atoms with E-state index in [-0.39, 0.29) is 24.2 Å². The summed E-state index contributed by atoms with van der Waals surface area (Å²) in [5.74, 6) is -1.12. The van der Waals surface area contributed by atoms with Crippen LogP contribution in [0.2, 0.25) is 0 Å². The highest BCUT2D eigenvalue weighted by Crippen LogP contribution is 2.16. The molecule has 1 N–H and O–H groups in total. The van der Waals surface area contributed by atoms with Crippen LogP contribution in [-0.2, 0) is 16.0 Å². The van der Waals surface area contributed by atoms with Crippen LogP contribution in [0.5, 0.6) is 5.75 Å². The Morgan fingerprint density at radius 2 is 1.78 bits per heavy atom. The second kappa shape index (κ2) is 10.3. The number of benzene rings is 2. The predicted molar refractivity (Wildman–Crippen MR) is 102 cm³/mol. The third kappa shape index (κ3) is 6.09. The summed E-state index contributed by atoms with van der Waals surface area (Å²) in [6, 6.07) is 15.0. The Bertz CT molecular complexity index is 752. The van der Waals surface area contributed by atoms with Crippen LogP contribution in [0.25, 0.3) is 0 Å². The zero-order valence-corrected chi connectivity index (χ0v) is 15.7. The topological polar surface area (TPSA) is 58.6 Å². The lowest BCUT2D eigenvalue weighted by Crippen LogP contribution is -2.50. The van der Waals surface area contributed by atoms with Crippen molar-refractivity contribution < 1.29 is 18.7 Å². The van der Waals surface area contributed by atoms with E-state index in [4.69, 9.17) is 4.74 Å². The molecular weight excluding hydrogens is 347 g/mol. The molecule has 0 aliphatic heterocycles. The standard InChI is InChI=1S/C21H25FN2O3/c1-3-23-21(26)16(2)24(14-13-17-9-5-4-6-10-17)20(25)15-27-19-12-8-7-11-18(19)22/h4-12,16H,3,13-15H2,1-2H3,(H,23,26)/t16-/m0/s1. The second-order valence-electron chi connectivity index (χ2n) is 6.11. The molecule has 0 heterocycles. The van der Waals surface area contributed by atoms with E-state index < -0.39 is 11.9 Å². The van der Waals surface area contributed by atoms with Gasteiger partial charge in [0.25, 0.3) is 5.91 Å². The molecule has 2 aromatic rings. The zero-order chi connectivity index (χ0) is 19.6. The number of likely N-dealkylation sites (N-methyl/N-ethyl adjacent to an activating group) is 1. The van der Waals surface area contributed by atoms with Gasteiger partial charge in [-0.25, -0.2) is 4.39 Å². The number of ether oxygens (including phenoxy) is 1. The van der Waals surface area contributed by atoms with Gasteiger partial charge in [-0.2, -0.15) is 0 Å². The molecule has 0 spiro atoms. The summed E-state index contributed by atoms with van der Waals surface area (Å²) in [5, 5.41) is 2.73. The van der Waals surface area contributed by atoms with Crippen LogP contribution < -0.4 is 10.1 Å². The fourth-order valence-electron chi connectivity index (χ4n) is 2.68. The van der Waals surface area contributed by atoms with Crippen LogP contribution in [0.15, 0.2) is 54.6 Å². The van der Waals surface area contributed by atoms with Crippen molar-refractivity contribution in [3.8, 4) is 5.75 Å². The molecule has 2 aromatic carbocycles. The monoisotopic (exact) mass is 372 g/mol. The van der Waals surface area contributed by atoms with Crippen molar-refractivity contribution in [3.05, 3.63) is 66.0 Å². The minimum Gasteiger partial charge on any atom is -0.481 e. The molecule has 27 heavy (non-hydrogen) atoms. The van der Waals surface area contributed by atoms with Gasteiger partial charge in [0.2, 0.25) is 5.91 Å². The summed E-state index contributed by atoms with van der Waals surface area (Å²) in [6.45, 7) is 4.01. The average molecular weight is 372 g/mol. The van der Waals surface area contributed by atoms with Gasteiger partial charge in [0.1, 0.15) is 6.04 Å². The number of hydrogen-bond acceptors (Lipinski definition) is 3. The lowest BCUT2D eigenvalue weighted by atomic mass is 10.1. The molecule has 2 amide bonds. The molecule has 1 atom stereocenters. The quantitative estimate of drug-likeness (QED) is 0.736. The van der Waals surface area contributed by atoms with Gasteiger partial charge in [0.05, 0.1) is 0 Å². The SMILES string of the molecule is CCNC(=O)[C@H](C)N(CCc1ccccc1)C(=O)COc1ccccc1F. The maximum absolute atomic E-state index is 13.7. The molecule has 0 fully saturated rings. The number of carbonyl (C=O) groups is 2. The van der Waals surface area contributed by atoms with E-state index in [2.05, 4.69) is 5.32 Å². The molecule has 0 bridgehead atoms. The summed E-state index contributed by atoms with van der Waals surface area (Å²) in [6.07, 6.45) is 0.607. The van der Waals surface area contributed by atoms with Crippen LogP contribution in [0.4, 0.5) is 4.39 Å². The normalized spacial score (nSPS) is 11.5. The highest BCUT2D eigenvalue weighted by Gasteiger charge is 2.25. The summed E-state index contributed by atoms with van der Waals surface area (Å²) >= 11 is 0. The maximum atomic E-state index is 13.7. The van der Waals surface area contributed by atoms with Gasteiger partial charge in [-0.05, 0) is 38.0 Å². The number of amides is 2. The Balaban J connectivity index is 2.06. The lowest BCUT2D eigenvalue weighted by Gasteiger charge is -2.28. The van der Waals surface area contributed by atoms with E-state index in [0.717, 1.165) is 5.56 Å². The number of rotatable bonds is 9. The smallest absolute Gasteiger partial charge is 0.261 e. The van der Waals surface area contributed by atoms with Gasteiger partial charge in [-0.1, -0.05) is 42.5 Å². The number of para-hydroxylation sites is 1. The Morgan fingerprint density at radius 3 is 2.44 bits per heavy atom. The Hall–Kier alpha value is -2.89. The summed E-state index contributed by atoms with van der Waals surface area (Å²) in [7, 11) is 0. The van der Waals surface area contributed by atoms with Crippen molar-refractivity contribution in [1.29, 1.82) is 0 Å². The molecule has 144 valence electrons. The molecule has 2 rings (SSSR count). The van der Waals surface area contributed by atoms with Crippen LogP contribution in [0, 0.1) is 5.82 Å². The first-order chi connectivity index (χ1) is 13.0. The molecule has 0 aliphatic carbocycles. The van der Waals surface area contributed by atoms with Crippen LogP contribution in [0.3, 0.4) is 0 Å². The van der Waals surface area contributed by atoms with Gasteiger partial charge >= 0.3 is 0 Å². The van der Waals surface area contributed by atoms with Crippen molar-refractivity contribution in [2.24, 2.45) is 0 Å². The molecule has 0 radical (unpaired) electrons. The third-order valence-electron chi connectivity index (χ3n) is 4.19. The van der Waals surface area contributed by atoms with E-state index in [0.29, 0.717) is 19.5 Å². The number of carbonyl (C=O) groups excluding carboxylic acids is 2. The number of nitrogens with one attached hydrogen (secondary N) is 1. The Morgan fingerprint density at radius 1 is 1.11 bits per heavy atom. The van der Waals surface area contributed by atoms with Gasteiger partial charge in [-0.15, -0.1) is 0 Å². The molecule has 0 aliphatic rings.